The molecule has 1 rings (SSSR count). The van der Waals surface area contributed by atoms with Crippen molar-refractivity contribution in [3.63, 3.8) is 0 Å². The van der Waals surface area contributed by atoms with E-state index in [0.717, 1.165) is 11.7 Å². The zero-order valence-electron chi connectivity index (χ0n) is 6.05. The Hall–Kier alpha value is -0.510. The van der Waals surface area contributed by atoms with Crippen molar-refractivity contribution in [2.45, 2.75) is 19.1 Å². The van der Waals surface area contributed by atoms with Crippen LogP contribution in [-0.2, 0) is 4.79 Å². The summed E-state index contributed by atoms with van der Waals surface area (Å²) < 4.78 is 0. The molecule has 4 heteroatoms. The monoisotopic (exact) mass is 158 g/mol. The summed E-state index contributed by atoms with van der Waals surface area (Å²) in [6.45, 7) is 4.55. The van der Waals surface area contributed by atoms with Crippen molar-refractivity contribution >= 4 is 22.8 Å². The number of rotatable bonds is 1. The van der Waals surface area contributed by atoms with Gasteiger partial charge < -0.3 is 5.32 Å². The molecule has 0 aromatic heterocycles. The van der Waals surface area contributed by atoms with Crippen molar-refractivity contribution in [1.82, 2.24) is 5.32 Å². The van der Waals surface area contributed by atoms with Crippen molar-refractivity contribution in [3.05, 3.63) is 0 Å². The molecule has 1 N–H and O–H groups in total. The number of hydrogen-bond donors (Lipinski definition) is 1. The summed E-state index contributed by atoms with van der Waals surface area (Å²) in [6.07, 6.45) is 0. The minimum Gasteiger partial charge on any atom is -0.304 e. The molecule has 0 aliphatic carbocycles. The number of nitrogens with one attached hydrogen (secondary N) is 1. The number of amides is 1. The number of hydrogen-bond acceptors (Lipinski definition) is 3. The van der Waals surface area contributed by atoms with Crippen molar-refractivity contribution in [3.8, 4) is 0 Å². The summed E-state index contributed by atoms with van der Waals surface area (Å²) in [6, 6.07) is 0. The average molecular weight is 158 g/mol. The molecule has 1 amide bonds. The van der Waals surface area contributed by atoms with Crippen LogP contribution in [0.3, 0.4) is 0 Å². The Balaban J connectivity index is 2.57. The molecule has 0 bridgehead atoms. The van der Waals surface area contributed by atoms with Crippen molar-refractivity contribution in [2.75, 3.05) is 6.54 Å². The molecular weight excluding hydrogens is 148 g/mol. The van der Waals surface area contributed by atoms with E-state index in [4.69, 9.17) is 0 Å². The standard InChI is InChI=1S/C6H10N2OS/c1-3-7-6-8-5(9)4(2)10-6/h4H,3H2,1-2H3,(H,7,8,9). The predicted octanol–water partition coefficient (Wildman–Crippen LogP) is 0.614. The van der Waals surface area contributed by atoms with Gasteiger partial charge in [-0.15, -0.1) is 0 Å². The first-order valence-electron chi connectivity index (χ1n) is 3.26. The highest BCUT2D eigenvalue weighted by Crippen LogP contribution is 2.17. The molecule has 3 nitrogen and oxygen atoms in total. The molecule has 1 aliphatic heterocycles. The summed E-state index contributed by atoms with van der Waals surface area (Å²) in [7, 11) is 0. The van der Waals surface area contributed by atoms with Gasteiger partial charge in [0.25, 0.3) is 0 Å². The largest absolute Gasteiger partial charge is 0.304 e. The van der Waals surface area contributed by atoms with Gasteiger partial charge in [-0.1, -0.05) is 11.8 Å². The fourth-order valence-corrected chi connectivity index (χ4v) is 1.54. The summed E-state index contributed by atoms with van der Waals surface area (Å²) in [5.41, 5.74) is 0. The van der Waals surface area contributed by atoms with Gasteiger partial charge in [-0.2, -0.15) is 0 Å². The lowest BCUT2D eigenvalue weighted by Crippen LogP contribution is -2.23. The SMILES string of the molecule is CCN=C1NC(=O)C(C)S1. The highest BCUT2D eigenvalue weighted by molar-refractivity contribution is 8.15. The Bertz CT molecular complexity index is 179. The van der Waals surface area contributed by atoms with Gasteiger partial charge in [0, 0.05) is 6.54 Å². The van der Waals surface area contributed by atoms with Gasteiger partial charge in [0.2, 0.25) is 5.91 Å². The van der Waals surface area contributed by atoms with E-state index in [0.29, 0.717) is 0 Å². The zero-order valence-corrected chi connectivity index (χ0v) is 6.86. The van der Waals surface area contributed by atoms with Gasteiger partial charge in [0.1, 0.15) is 0 Å². The Morgan fingerprint density at radius 1 is 1.80 bits per heavy atom. The lowest BCUT2D eigenvalue weighted by molar-refractivity contribution is -0.118. The maximum absolute atomic E-state index is 10.8. The molecular formula is C6H10N2OS. The highest BCUT2D eigenvalue weighted by atomic mass is 32.2. The molecule has 1 aliphatic rings. The minimum absolute atomic E-state index is 0.0327. The van der Waals surface area contributed by atoms with Gasteiger partial charge in [0.05, 0.1) is 5.25 Å². The van der Waals surface area contributed by atoms with Crippen LogP contribution in [0.25, 0.3) is 0 Å². The fourth-order valence-electron chi connectivity index (χ4n) is 0.678. The molecule has 0 radical (unpaired) electrons. The molecule has 10 heavy (non-hydrogen) atoms. The Kier molecular flexibility index (Phi) is 2.32. The molecule has 1 heterocycles. The number of nitrogens with zero attached hydrogens (tertiary/aromatic N) is 1. The summed E-state index contributed by atoms with van der Waals surface area (Å²) in [4.78, 5) is 14.9. The third-order valence-electron chi connectivity index (χ3n) is 1.19. The second kappa shape index (κ2) is 3.05. The topological polar surface area (TPSA) is 41.5 Å². The van der Waals surface area contributed by atoms with E-state index in [-0.39, 0.29) is 11.2 Å². The lowest BCUT2D eigenvalue weighted by atomic mass is 10.4. The van der Waals surface area contributed by atoms with E-state index in [1.54, 1.807) is 0 Å². The molecule has 1 unspecified atom stereocenters. The average Bonchev–Trinajstić information content (AvgIpc) is 2.14. The number of aliphatic imine (C=N–C) groups is 1. The molecule has 0 aromatic carbocycles. The van der Waals surface area contributed by atoms with Crippen LogP contribution < -0.4 is 5.32 Å². The molecule has 1 fully saturated rings. The molecule has 1 saturated heterocycles. The van der Waals surface area contributed by atoms with Crippen LogP contribution in [0.5, 0.6) is 0 Å². The van der Waals surface area contributed by atoms with Gasteiger partial charge in [0.15, 0.2) is 5.17 Å². The summed E-state index contributed by atoms with van der Waals surface area (Å²) >= 11 is 1.49. The maximum atomic E-state index is 10.8. The summed E-state index contributed by atoms with van der Waals surface area (Å²) in [5, 5.41) is 3.48. The maximum Gasteiger partial charge on any atom is 0.239 e. The molecule has 0 saturated carbocycles. The fraction of sp³-hybridized carbons (Fsp3) is 0.667. The first-order chi connectivity index (χ1) is 4.74. The Morgan fingerprint density at radius 2 is 2.50 bits per heavy atom. The van der Waals surface area contributed by atoms with Crippen LogP contribution in [0.2, 0.25) is 0 Å². The van der Waals surface area contributed by atoms with Crippen LogP contribution in [0.15, 0.2) is 4.99 Å². The molecule has 0 aromatic rings. The third-order valence-corrected chi connectivity index (χ3v) is 2.21. The molecule has 1 atom stereocenters. The smallest absolute Gasteiger partial charge is 0.239 e. The normalized spacial score (nSPS) is 29.2. The lowest BCUT2D eigenvalue weighted by Gasteiger charge is -1.90. The second-order valence-corrected chi connectivity index (χ2v) is 3.36. The minimum atomic E-state index is 0.0327. The number of amidine groups is 1. The van der Waals surface area contributed by atoms with Gasteiger partial charge in [-0.25, -0.2) is 0 Å². The van der Waals surface area contributed by atoms with Gasteiger partial charge in [-0.05, 0) is 13.8 Å². The van der Waals surface area contributed by atoms with Crippen molar-refractivity contribution in [1.29, 1.82) is 0 Å². The number of carbonyl (C=O) groups excluding carboxylic acids is 1. The van der Waals surface area contributed by atoms with Crippen LogP contribution in [0.1, 0.15) is 13.8 Å². The highest BCUT2D eigenvalue weighted by Gasteiger charge is 2.24. The van der Waals surface area contributed by atoms with Crippen LogP contribution in [-0.4, -0.2) is 22.9 Å². The number of carbonyl (C=O) groups is 1. The van der Waals surface area contributed by atoms with E-state index in [1.807, 2.05) is 13.8 Å². The predicted molar refractivity (Wildman–Crippen MR) is 43.2 cm³/mol. The van der Waals surface area contributed by atoms with Crippen LogP contribution in [0.4, 0.5) is 0 Å². The van der Waals surface area contributed by atoms with Crippen molar-refractivity contribution in [2.24, 2.45) is 4.99 Å². The van der Waals surface area contributed by atoms with E-state index >= 15 is 0 Å². The molecule has 56 valence electrons. The van der Waals surface area contributed by atoms with Crippen LogP contribution >= 0.6 is 11.8 Å². The van der Waals surface area contributed by atoms with Crippen molar-refractivity contribution < 1.29 is 4.79 Å². The first kappa shape index (κ1) is 7.60. The summed E-state index contributed by atoms with van der Waals surface area (Å²) in [5.74, 6) is 0.0669. The number of thioether (sulfide) groups is 1. The van der Waals surface area contributed by atoms with Crippen LogP contribution in [0, 0.1) is 0 Å². The quantitative estimate of drug-likeness (QED) is 0.607. The Morgan fingerprint density at radius 3 is 2.90 bits per heavy atom. The van der Waals surface area contributed by atoms with Gasteiger partial charge >= 0.3 is 0 Å². The van der Waals surface area contributed by atoms with Gasteiger partial charge in [-0.3, -0.25) is 9.79 Å². The Labute approximate surface area is 64.3 Å². The van der Waals surface area contributed by atoms with E-state index in [1.165, 1.54) is 11.8 Å². The van der Waals surface area contributed by atoms with E-state index < -0.39 is 0 Å². The molecule has 0 spiro atoms. The first-order valence-corrected chi connectivity index (χ1v) is 4.14. The third kappa shape index (κ3) is 1.50. The van der Waals surface area contributed by atoms with E-state index in [9.17, 15) is 4.79 Å². The zero-order chi connectivity index (χ0) is 7.56. The van der Waals surface area contributed by atoms with E-state index in [2.05, 4.69) is 10.3 Å². The second-order valence-electron chi connectivity index (χ2n) is 2.03.